The van der Waals surface area contributed by atoms with Crippen LogP contribution in [0.2, 0.25) is 0 Å². The van der Waals surface area contributed by atoms with Crippen molar-refractivity contribution in [3.63, 3.8) is 0 Å². The van der Waals surface area contributed by atoms with Crippen LogP contribution in [0.5, 0.6) is 0 Å². The van der Waals surface area contributed by atoms with Crippen LogP contribution < -0.4 is 9.80 Å². The molecule has 0 bridgehead atoms. The van der Waals surface area contributed by atoms with Crippen LogP contribution in [0.15, 0.2) is 249 Å². The Morgan fingerprint density at radius 3 is 1.19 bits per heavy atom. The zero-order chi connectivity index (χ0) is 45.3. The maximum atomic E-state index is 2.48. The molecule has 13 rings (SSSR count). The van der Waals surface area contributed by atoms with Gasteiger partial charge in [-0.3, -0.25) is 0 Å². The molecular formula is C65H47N3. The molecular weight excluding hydrogens is 823 g/mol. The van der Waals surface area contributed by atoms with Crippen LogP contribution in [-0.2, 0) is 5.41 Å². The second kappa shape index (κ2) is 15.8. The Morgan fingerprint density at radius 1 is 0.309 bits per heavy atom. The van der Waals surface area contributed by atoms with Crippen LogP contribution in [0.4, 0.5) is 34.1 Å². The standard InChI is InChI=1S/C65H47N3/c1-65(2)59-40-45(32-36-57(59)58-37-35-56(43-60(58)65)67(52-22-12-5-13-23-52)53-24-14-6-15-25-53)49-39-47-29-28-46-38-48(41-61-63(46)64(47)62(42-49)68(61)54-26-16-7-17-27-54)44-30-33-55(34-31-44)66(50-18-8-3-9-19-50)51-20-10-4-11-21-51/h3-43H,1-2H3. The van der Waals surface area contributed by atoms with Crippen LogP contribution in [0, 0.1) is 0 Å². The molecule has 1 aliphatic carbocycles. The number of aromatic nitrogens is 1. The fourth-order valence-electron chi connectivity index (χ4n) is 11.0. The third kappa shape index (κ3) is 6.42. The Hall–Kier alpha value is -8.66. The van der Waals surface area contributed by atoms with Crippen molar-refractivity contribution in [1.82, 2.24) is 4.57 Å². The molecule has 322 valence electrons. The lowest BCUT2D eigenvalue weighted by molar-refractivity contribution is 0.660. The predicted molar refractivity (Wildman–Crippen MR) is 287 cm³/mol. The molecule has 0 saturated heterocycles. The number of para-hydroxylation sites is 5. The Balaban J connectivity index is 0.912. The van der Waals surface area contributed by atoms with E-state index in [9.17, 15) is 0 Å². The first kappa shape index (κ1) is 39.7. The van der Waals surface area contributed by atoms with Crippen LogP contribution >= 0.6 is 0 Å². The van der Waals surface area contributed by atoms with Crippen molar-refractivity contribution in [3.05, 3.63) is 260 Å². The van der Waals surface area contributed by atoms with E-state index in [1.165, 1.54) is 77.1 Å². The number of hydrogen-bond donors (Lipinski definition) is 0. The zero-order valence-corrected chi connectivity index (χ0v) is 38.0. The number of nitrogens with zero attached hydrogens (tertiary/aromatic N) is 3. The van der Waals surface area contributed by atoms with Gasteiger partial charge >= 0.3 is 0 Å². The highest BCUT2D eigenvalue weighted by Crippen LogP contribution is 2.52. The Labute approximate surface area is 397 Å². The van der Waals surface area contributed by atoms with E-state index in [1.807, 2.05) is 0 Å². The molecule has 0 aliphatic heterocycles. The van der Waals surface area contributed by atoms with E-state index < -0.39 is 0 Å². The fourth-order valence-corrected chi connectivity index (χ4v) is 11.0. The summed E-state index contributed by atoms with van der Waals surface area (Å²) in [6.45, 7) is 4.78. The first-order valence-electron chi connectivity index (χ1n) is 23.6. The van der Waals surface area contributed by atoms with Crippen LogP contribution in [0.25, 0.3) is 71.6 Å². The van der Waals surface area contributed by atoms with Gasteiger partial charge in [-0.2, -0.15) is 0 Å². The fraction of sp³-hybridized carbons (Fsp3) is 0.0462. The minimum Gasteiger partial charge on any atom is -0.311 e. The van der Waals surface area contributed by atoms with Crippen LogP contribution in [0.1, 0.15) is 25.0 Å². The van der Waals surface area contributed by atoms with Gasteiger partial charge < -0.3 is 14.4 Å². The number of rotatable bonds is 9. The summed E-state index contributed by atoms with van der Waals surface area (Å²) in [4.78, 5) is 4.68. The van der Waals surface area contributed by atoms with Crippen LogP contribution in [-0.4, -0.2) is 4.57 Å². The van der Waals surface area contributed by atoms with E-state index >= 15 is 0 Å². The number of anilines is 6. The van der Waals surface area contributed by atoms with Crippen molar-refractivity contribution in [2.45, 2.75) is 19.3 Å². The van der Waals surface area contributed by atoms with Gasteiger partial charge in [0.15, 0.2) is 0 Å². The third-order valence-electron chi connectivity index (χ3n) is 14.3. The summed E-state index contributed by atoms with van der Waals surface area (Å²) in [5.74, 6) is 0. The van der Waals surface area contributed by atoms with E-state index in [1.54, 1.807) is 0 Å². The molecule has 3 nitrogen and oxygen atoms in total. The van der Waals surface area contributed by atoms with Crippen LogP contribution in [0.3, 0.4) is 0 Å². The smallest absolute Gasteiger partial charge is 0.0553 e. The average molecular weight is 870 g/mol. The molecule has 1 heterocycles. The lowest BCUT2D eigenvalue weighted by Crippen LogP contribution is -2.16. The average Bonchev–Trinajstić information content (AvgIpc) is 3.85. The van der Waals surface area contributed by atoms with Crippen molar-refractivity contribution < 1.29 is 0 Å². The molecule has 0 N–H and O–H groups in total. The molecule has 0 saturated carbocycles. The SMILES string of the molecule is CC1(C)c2cc(-c3cc4ccc5cc(-c6ccc(N(c7ccccc7)c7ccccc7)cc6)cc6c5c4c(c3)n6-c3ccccc3)ccc2-c2ccc(N(c3ccccc3)c3ccccc3)cc21. The molecule has 0 spiro atoms. The molecule has 3 heteroatoms. The molecule has 0 unspecified atom stereocenters. The van der Waals surface area contributed by atoms with E-state index in [2.05, 4.69) is 277 Å². The summed E-state index contributed by atoms with van der Waals surface area (Å²) in [7, 11) is 0. The maximum absolute atomic E-state index is 2.48. The first-order chi connectivity index (χ1) is 33.5. The van der Waals surface area contributed by atoms with Crippen molar-refractivity contribution >= 4 is 66.7 Å². The topological polar surface area (TPSA) is 11.4 Å². The van der Waals surface area contributed by atoms with Gasteiger partial charge in [-0.15, -0.1) is 0 Å². The molecule has 0 fully saturated rings. The van der Waals surface area contributed by atoms with Crippen molar-refractivity contribution in [2.24, 2.45) is 0 Å². The molecule has 0 amide bonds. The van der Waals surface area contributed by atoms with Gasteiger partial charge in [0.25, 0.3) is 0 Å². The zero-order valence-electron chi connectivity index (χ0n) is 38.0. The second-order valence-electron chi connectivity index (χ2n) is 18.6. The molecule has 0 radical (unpaired) electrons. The molecule has 1 aliphatic rings. The first-order valence-corrected chi connectivity index (χ1v) is 23.6. The molecule has 12 aromatic rings. The lowest BCUT2D eigenvalue weighted by Gasteiger charge is -2.28. The van der Waals surface area contributed by atoms with Gasteiger partial charge in [-0.25, -0.2) is 0 Å². The minimum absolute atomic E-state index is 0.210. The maximum Gasteiger partial charge on any atom is 0.0553 e. The Morgan fingerprint density at radius 2 is 0.691 bits per heavy atom. The van der Waals surface area contributed by atoms with E-state index in [0.717, 1.165) is 39.8 Å². The van der Waals surface area contributed by atoms with Crippen molar-refractivity contribution in [3.8, 4) is 39.1 Å². The summed E-state index contributed by atoms with van der Waals surface area (Å²) >= 11 is 0. The van der Waals surface area contributed by atoms with Gasteiger partial charge in [0.2, 0.25) is 0 Å². The minimum atomic E-state index is -0.210. The van der Waals surface area contributed by atoms with Crippen molar-refractivity contribution in [1.29, 1.82) is 0 Å². The monoisotopic (exact) mass is 869 g/mol. The lowest BCUT2D eigenvalue weighted by atomic mass is 9.81. The largest absolute Gasteiger partial charge is 0.311 e. The van der Waals surface area contributed by atoms with E-state index in [-0.39, 0.29) is 5.41 Å². The molecule has 0 atom stereocenters. The highest BCUT2D eigenvalue weighted by atomic mass is 15.1. The normalized spacial score (nSPS) is 12.7. The summed E-state index contributed by atoms with van der Waals surface area (Å²) < 4.78 is 2.48. The summed E-state index contributed by atoms with van der Waals surface area (Å²) in [6, 6.07) is 90.9. The highest BCUT2D eigenvalue weighted by molar-refractivity contribution is 6.25. The van der Waals surface area contributed by atoms with Gasteiger partial charge in [0, 0.05) is 56.0 Å². The van der Waals surface area contributed by atoms with E-state index in [4.69, 9.17) is 0 Å². The Bertz CT molecular complexity index is 3700. The molecule has 68 heavy (non-hydrogen) atoms. The number of hydrogen-bond acceptors (Lipinski definition) is 2. The quantitative estimate of drug-likeness (QED) is 0.134. The van der Waals surface area contributed by atoms with Gasteiger partial charge in [-0.1, -0.05) is 147 Å². The van der Waals surface area contributed by atoms with E-state index in [0.29, 0.717) is 0 Å². The number of fused-ring (bicyclic) bond motifs is 3. The summed E-state index contributed by atoms with van der Waals surface area (Å²) in [5, 5.41) is 5.09. The van der Waals surface area contributed by atoms with Gasteiger partial charge in [0.05, 0.1) is 11.0 Å². The third-order valence-corrected chi connectivity index (χ3v) is 14.3. The Kier molecular flexibility index (Phi) is 9.19. The summed E-state index contributed by atoms with van der Waals surface area (Å²) in [5.41, 5.74) is 20.3. The highest BCUT2D eigenvalue weighted by Gasteiger charge is 2.36. The van der Waals surface area contributed by atoms with Gasteiger partial charge in [-0.05, 0) is 171 Å². The number of benzene rings is 11. The van der Waals surface area contributed by atoms with Gasteiger partial charge in [0.1, 0.15) is 0 Å². The predicted octanol–water partition coefficient (Wildman–Crippen LogP) is 18.0. The summed E-state index contributed by atoms with van der Waals surface area (Å²) in [6.07, 6.45) is 0. The second-order valence-corrected chi connectivity index (χ2v) is 18.6. The molecule has 11 aromatic carbocycles. The van der Waals surface area contributed by atoms with Crippen molar-refractivity contribution in [2.75, 3.05) is 9.80 Å². The molecule has 1 aromatic heterocycles.